The third-order valence-electron chi connectivity index (χ3n) is 19.2. The Morgan fingerprint density at radius 2 is 0.455 bits per heavy atom. The lowest BCUT2D eigenvalue weighted by atomic mass is 10.0. The van der Waals surface area contributed by atoms with Crippen molar-refractivity contribution in [3.8, 4) is 0 Å². The molecule has 0 aliphatic rings. The third-order valence-corrected chi connectivity index (χ3v) is 21.1. The van der Waals surface area contributed by atoms with Crippen LogP contribution >= 0.6 is 15.6 Å². The predicted octanol–water partition coefficient (Wildman–Crippen LogP) is 24.7. The molecule has 0 saturated carbocycles. The first kappa shape index (κ1) is 99.1. The van der Waals surface area contributed by atoms with Gasteiger partial charge in [0.25, 0.3) is 0 Å². The summed E-state index contributed by atoms with van der Waals surface area (Å²) >= 11 is 0. The van der Waals surface area contributed by atoms with Gasteiger partial charge in [0, 0.05) is 25.7 Å². The van der Waals surface area contributed by atoms with Crippen LogP contribution in [-0.4, -0.2) is 96.7 Å². The monoisotopic (exact) mass is 1480 g/mol. The van der Waals surface area contributed by atoms with E-state index in [9.17, 15) is 43.2 Å². The van der Waals surface area contributed by atoms with E-state index in [0.29, 0.717) is 25.7 Å². The summed E-state index contributed by atoms with van der Waals surface area (Å²) in [4.78, 5) is 73.1. The molecule has 0 amide bonds. The van der Waals surface area contributed by atoms with Gasteiger partial charge in [-0.15, -0.1) is 0 Å². The van der Waals surface area contributed by atoms with Crippen LogP contribution in [-0.2, 0) is 65.4 Å². The normalized spacial score (nSPS) is 13.9. The summed E-state index contributed by atoms with van der Waals surface area (Å²) in [6.07, 6.45) is 63.6. The lowest BCUT2D eigenvalue weighted by Gasteiger charge is -2.21. The van der Waals surface area contributed by atoms with Crippen LogP contribution < -0.4 is 0 Å². The fourth-order valence-electron chi connectivity index (χ4n) is 12.7. The zero-order valence-corrected chi connectivity index (χ0v) is 68.0. The van der Waals surface area contributed by atoms with Crippen molar-refractivity contribution in [3.05, 3.63) is 0 Å². The Kier molecular flexibility index (Phi) is 72.2. The van der Waals surface area contributed by atoms with Crippen LogP contribution in [0.1, 0.15) is 433 Å². The van der Waals surface area contributed by atoms with E-state index in [4.69, 9.17) is 37.0 Å². The number of esters is 4. The molecule has 0 aliphatic heterocycles. The summed E-state index contributed by atoms with van der Waals surface area (Å²) in [6, 6.07) is 0. The van der Waals surface area contributed by atoms with Crippen molar-refractivity contribution < 1.29 is 80.2 Å². The quantitative estimate of drug-likeness (QED) is 0.0222. The van der Waals surface area contributed by atoms with Crippen molar-refractivity contribution in [3.63, 3.8) is 0 Å². The van der Waals surface area contributed by atoms with E-state index in [1.165, 1.54) is 250 Å². The van der Waals surface area contributed by atoms with E-state index in [2.05, 4.69) is 41.5 Å². The fraction of sp³-hybridized carbons (Fsp3) is 0.951. The molecule has 17 nitrogen and oxygen atoms in total. The fourth-order valence-corrected chi connectivity index (χ4v) is 14.3. The van der Waals surface area contributed by atoms with Crippen LogP contribution in [0, 0.1) is 11.8 Å². The second-order valence-corrected chi connectivity index (χ2v) is 33.4. The molecule has 600 valence electrons. The number of carbonyl (C=O) groups excluding carboxylic acids is 4. The molecule has 2 unspecified atom stereocenters. The van der Waals surface area contributed by atoms with Crippen LogP contribution in [0.5, 0.6) is 0 Å². The Balaban J connectivity index is 5.27. The minimum Gasteiger partial charge on any atom is -0.462 e. The van der Waals surface area contributed by atoms with Crippen LogP contribution in [0.25, 0.3) is 0 Å². The zero-order chi connectivity index (χ0) is 74.2. The van der Waals surface area contributed by atoms with Crippen LogP contribution in [0.4, 0.5) is 0 Å². The second kappa shape index (κ2) is 73.6. The van der Waals surface area contributed by atoms with Gasteiger partial charge in [-0.3, -0.25) is 37.3 Å². The first-order valence-corrected chi connectivity index (χ1v) is 45.5. The van der Waals surface area contributed by atoms with Gasteiger partial charge in [0.15, 0.2) is 12.2 Å². The van der Waals surface area contributed by atoms with E-state index >= 15 is 0 Å². The first-order valence-electron chi connectivity index (χ1n) is 42.5. The van der Waals surface area contributed by atoms with Crippen molar-refractivity contribution >= 4 is 39.5 Å². The number of aliphatic hydroxyl groups is 1. The SMILES string of the molecule is CCCCCCCCCCCCCCCCCC(=O)O[C@H](COC(=O)CCCCCCCCCCCCCCC)COP(=O)(O)OC[C@H](O)COP(=O)(O)OC[C@@H](COC(=O)CCCCCCCCCCCCCCC(C)C)OC(=O)CCCCCCCCCCCCCCCCCC(C)C. The maximum Gasteiger partial charge on any atom is 0.472 e. The molecule has 0 saturated heterocycles. The van der Waals surface area contributed by atoms with Gasteiger partial charge in [0.1, 0.15) is 19.3 Å². The number of ether oxygens (including phenoxy) is 4. The van der Waals surface area contributed by atoms with Crippen LogP contribution in [0.15, 0.2) is 0 Å². The van der Waals surface area contributed by atoms with Crippen molar-refractivity contribution in [1.82, 2.24) is 0 Å². The first-order chi connectivity index (χ1) is 48.9. The highest BCUT2D eigenvalue weighted by Crippen LogP contribution is 2.45. The van der Waals surface area contributed by atoms with E-state index < -0.39 is 97.5 Å². The van der Waals surface area contributed by atoms with Crippen molar-refractivity contribution in [2.75, 3.05) is 39.6 Å². The Labute approximate surface area is 619 Å². The number of carbonyl (C=O) groups is 4. The van der Waals surface area contributed by atoms with Crippen molar-refractivity contribution in [2.24, 2.45) is 11.8 Å². The molecule has 0 fully saturated rings. The van der Waals surface area contributed by atoms with Gasteiger partial charge < -0.3 is 33.8 Å². The second-order valence-electron chi connectivity index (χ2n) is 30.5. The lowest BCUT2D eigenvalue weighted by Crippen LogP contribution is -2.30. The van der Waals surface area contributed by atoms with E-state index in [0.717, 1.165) is 102 Å². The highest BCUT2D eigenvalue weighted by molar-refractivity contribution is 7.47. The van der Waals surface area contributed by atoms with Gasteiger partial charge in [-0.25, -0.2) is 9.13 Å². The third kappa shape index (κ3) is 76.1. The molecule has 19 heteroatoms. The topological polar surface area (TPSA) is 237 Å². The van der Waals surface area contributed by atoms with Crippen LogP contribution in [0.2, 0.25) is 0 Å². The largest absolute Gasteiger partial charge is 0.472 e. The molecular weight excluding hydrogens is 1320 g/mol. The summed E-state index contributed by atoms with van der Waals surface area (Å²) in [6.45, 7) is 9.69. The molecule has 0 spiro atoms. The minimum atomic E-state index is -4.96. The summed E-state index contributed by atoms with van der Waals surface area (Å²) < 4.78 is 68.8. The summed E-state index contributed by atoms with van der Waals surface area (Å²) in [5.74, 6) is -0.519. The number of phosphoric acid groups is 2. The molecule has 3 N–H and O–H groups in total. The number of hydrogen-bond acceptors (Lipinski definition) is 15. The molecule has 0 rings (SSSR count). The Bertz CT molecular complexity index is 1940. The number of rotatable bonds is 81. The summed E-state index contributed by atoms with van der Waals surface area (Å²) in [5, 5.41) is 10.7. The van der Waals surface area contributed by atoms with Gasteiger partial charge in [-0.1, -0.05) is 382 Å². The molecule has 0 bridgehead atoms. The summed E-state index contributed by atoms with van der Waals surface area (Å²) in [5.41, 5.74) is 0. The van der Waals surface area contributed by atoms with Gasteiger partial charge >= 0.3 is 39.5 Å². The number of phosphoric ester groups is 2. The van der Waals surface area contributed by atoms with E-state index in [1.807, 2.05) is 0 Å². The van der Waals surface area contributed by atoms with Crippen molar-refractivity contribution in [1.29, 1.82) is 0 Å². The highest BCUT2D eigenvalue weighted by Gasteiger charge is 2.30. The van der Waals surface area contributed by atoms with Gasteiger partial charge in [-0.05, 0) is 37.5 Å². The molecule has 0 heterocycles. The standard InChI is InChI=1S/C82H160O17P2/c1-7-9-11-13-15-17-19-21-23-28-36-42-48-54-60-66-81(86)98-77(70-92-79(84)64-58-52-46-40-34-26-20-18-16-14-12-10-8-2)72-96-100(88,89)94-68-76(83)69-95-101(90,91)97-73-78(71-93-80(85)65-59-53-47-41-35-31-30-33-39-45-51-57-63-75(5)6)99-82(87)67-61-55-49-43-37-29-25-22-24-27-32-38-44-50-56-62-74(3)4/h74-78,83H,7-73H2,1-6H3,(H,88,89)(H,90,91)/t76-,77+,78+/m0/s1. The Morgan fingerprint density at radius 3 is 0.673 bits per heavy atom. The predicted molar refractivity (Wildman–Crippen MR) is 414 cm³/mol. The van der Waals surface area contributed by atoms with Crippen LogP contribution in [0.3, 0.4) is 0 Å². The molecule has 0 aromatic rings. The van der Waals surface area contributed by atoms with E-state index in [-0.39, 0.29) is 25.7 Å². The molecule has 101 heavy (non-hydrogen) atoms. The Hall–Kier alpha value is -1.94. The minimum absolute atomic E-state index is 0.108. The molecular formula is C82H160O17P2. The van der Waals surface area contributed by atoms with Gasteiger partial charge in [-0.2, -0.15) is 0 Å². The summed E-state index contributed by atoms with van der Waals surface area (Å²) in [7, 11) is -9.92. The molecule has 0 aliphatic carbocycles. The number of aliphatic hydroxyl groups excluding tert-OH is 1. The van der Waals surface area contributed by atoms with Crippen molar-refractivity contribution in [2.45, 2.75) is 452 Å². The van der Waals surface area contributed by atoms with Gasteiger partial charge in [0.2, 0.25) is 0 Å². The number of unbranched alkanes of at least 4 members (excludes halogenated alkanes) is 51. The maximum absolute atomic E-state index is 13.1. The maximum atomic E-state index is 13.1. The average molecular weight is 1480 g/mol. The molecule has 5 atom stereocenters. The smallest absolute Gasteiger partial charge is 0.462 e. The highest BCUT2D eigenvalue weighted by atomic mass is 31.2. The van der Waals surface area contributed by atoms with E-state index in [1.54, 1.807) is 0 Å². The van der Waals surface area contributed by atoms with Gasteiger partial charge in [0.05, 0.1) is 26.4 Å². The molecule has 0 radical (unpaired) electrons. The Morgan fingerprint density at radius 1 is 0.267 bits per heavy atom. The number of hydrogen-bond donors (Lipinski definition) is 3. The molecule has 0 aromatic heterocycles. The zero-order valence-electron chi connectivity index (χ0n) is 66.2. The molecule has 0 aromatic carbocycles. The average Bonchev–Trinajstić information content (AvgIpc) is 1.75. The lowest BCUT2D eigenvalue weighted by molar-refractivity contribution is -0.161.